The Morgan fingerprint density at radius 1 is 1.23 bits per heavy atom. The SMILES string of the molecule is CC[Si](CC)(CC)C1[C]=CC=CC1. The van der Waals surface area contributed by atoms with Crippen molar-refractivity contribution in [3.8, 4) is 0 Å². The molecule has 0 amide bonds. The summed E-state index contributed by atoms with van der Waals surface area (Å²) in [7, 11) is -1.01. The lowest BCUT2D eigenvalue weighted by Gasteiger charge is -2.35. The van der Waals surface area contributed by atoms with E-state index in [4.69, 9.17) is 0 Å². The highest BCUT2D eigenvalue weighted by Crippen LogP contribution is 2.37. The summed E-state index contributed by atoms with van der Waals surface area (Å²) in [5, 5.41) is 0. The summed E-state index contributed by atoms with van der Waals surface area (Å²) in [6, 6.07) is 4.25. The zero-order valence-electron chi connectivity index (χ0n) is 9.14. The average molecular weight is 193 g/mol. The second-order valence-corrected chi connectivity index (χ2v) is 9.52. The Labute approximate surface area is 83.7 Å². The second-order valence-electron chi connectivity index (χ2n) is 3.97. The largest absolute Gasteiger partial charge is 0.0842 e. The number of hydrogen-bond acceptors (Lipinski definition) is 0. The summed E-state index contributed by atoms with van der Waals surface area (Å²) < 4.78 is 0. The van der Waals surface area contributed by atoms with Crippen LogP contribution in [0.1, 0.15) is 27.2 Å². The van der Waals surface area contributed by atoms with Crippen LogP contribution >= 0.6 is 0 Å². The lowest BCUT2D eigenvalue weighted by molar-refractivity contribution is 0.904. The highest BCUT2D eigenvalue weighted by atomic mass is 28.3. The fourth-order valence-electron chi connectivity index (χ4n) is 2.44. The smallest absolute Gasteiger partial charge is 0.0608 e. The van der Waals surface area contributed by atoms with E-state index in [1.807, 2.05) is 0 Å². The van der Waals surface area contributed by atoms with Crippen LogP contribution in [0.2, 0.25) is 23.7 Å². The molecule has 0 spiro atoms. The van der Waals surface area contributed by atoms with E-state index in [-0.39, 0.29) is 0 Å². The Morgan fingerprint density at radius 2 is 1.85 bits per heavy atom. The van der Waals surface area contributed by atoms with Crippen LogP contribution in [0.15, 0.2) is 18.2 Å². The van der Waals surface area contributed by atoms with Crippen molar-refractivity contribution in [3.63, 3.8) is 0 Å². The molecule has 0 aromatic carbocycles. The van der Waals surface area contributed by atoms with Gasteiger partial charge in [-0.05, 0) is 18.0 Å². The normalized spacial score (nSPS) is 22.2. The Bertz CT molecular complexity index is 191. The van der Waals surface area contributed by atoms with Crippen LogP contribution in [0.3, 0.4) is 0 Å². The van der Waals surface area contributed by atoms with Gasteiger partial charge in [-0.25, -0.2) is 0 Å². The lowest BCUT2D eigenvalue weighted by atomic mass is 10.2. The lowest BCUT2D eigenvalue weighted by Crippen LogP contribution is -2.37. The van der Waals surface area contributed by atoms with Crippen molar-refractivity contribution in [2.24, 2.45) is 0 Å². The molecule has 1 rings (SSSR count). The molecule has 1 unspecified atom stereocenters. The van der Waals surface area contributed by atoms with E-state index in [1.54, 1.807) is 0 Å². The molecule has 13 heavy (non-hydrogen) atoms. The molecule has 0 aliphatic heterocycles. The van der Waals surface area contributed by atoms with Gasteiger partial charge in [-0.1, -0.05) is 57.1 Å². The fourth-order valence-corrected chi connectivity index (χ4v) is 6.50. The third-order valence-corrected chi connectivity index (χ3v) is 9.86. The van der Waals surface area contributed by atoms with Gasteiger partial charge in [0, 0.05) is 0 Å². The molecule has 1 atom stereocenters. The minimum Gasteiger partial charge on any atom is -0.0842 e. The van der Waals surface area contributed by atoms with Gasteiger partial charge < -0.3 is 0 Å². The number of hydrogen-bond donors (Lipinski definition) is 0. The molecule has 1 heteroatoms. The van der Waals surface area contributed by atoms with Crippen LogP contribution in [0.5, 0.6) is 0 Å². The van der Waals surface area contributed by atoms with E-state index < -0.39 is 8.07 Å². The van der Waals surface area contributed by atoms with Gasteiger partial charge in [-0.2, -0.15) is 0 Å². The Kier molecular flexibility index (Phi) is 3.98. The van der Waals surface area contributed by atoms with Gasteiger partial charge in [0.1, 0.15) is 0 Å². The molecule has 1 aliphatic rings. The van der Waals surface area contributed by atoms with E-state index in [9.17, 15) is 0 Å². The van der Waals surface area contributed by atoms with Crippen molar-refractivity contribution in [2.45, 2.75) is 50.9 Å². The molecule has 0 aromatic rings. The van der Waals surface area contributed by atoms with Crippen LogP contribution in [0.4, 0.5) is 0 Å². The van der Waals surface area contributed by atoms with Crippen molar-refractivity contribution < 1.29 is 0 Å². The van der Waals surface area contributed by atoms with Gasteiger partial charge in [0.15, 0.2) is 0 Å². The van der Waals surface area contributed by atoms with Crippen molar-refractivity contribution >= 4 is 8.07 Å². The minimum absolute atomic E-state index is 0.789. The molecular weight excluding hydrogens is 172 g/mol. The maximum absolute atomic E-state index is 3.56. The molecule has 0 bridgehead atoms. The van der Waals surface area contributed by atoms with E-state index >= 15 is 0 Å². The molecule has 1 radical (unpaired) electrons. The van der Waals surface area contributed by atoms with Gasteiger partial charge in [-0.15, -0.1) is 0 Å². The minimum atomic E-state index is -1.01. The first-order valence-corrected chi connectivity index (χ1v) is 8.23. The van der Waals surface area contributed by atoms with Crippen molar-refractivity contribution in [2.75, 3.05) is 0 Å². The monoisotopic (exact) mass is 193 g/mol. The molecule has 0 fully saturated rings. The fraction of sp³-hybridized carbons (Fsp3) is 0.667. The molecule has 0 aromatic heterocycles. The summed E-state index contributed by atoms with van der Waals surface area (Å²) in [6.45, 7) is 7.12. The third-order valence-electron chi connectivity index (χ3n) is 3.75. The molecule has 1 aliphatic carbocycles. The quantitative estimate of drug-likeness (QED) is 0.587. The van der Waals surface area contributed by atoms with Crippen molar-refractivity contribution in [3.05, 3.63) is 24.3 Å². The van der Waals surface area contributed by atoms with E-state index in [1.165, 1.54) is 24.6 Å². The van der Waals surface area contributed by atoms with E-state index in [0.29, 0.717) is 0 Å². The Hall–Kier alpha value is -0.303. The van der Waals surface area contributed by atoms with Gasteiger partial charge in [0.25, 0.3) is 0 Å². The highest BCUT2D eigenvalue weighted by molar-refractivity contribution is 6.81. The molecule has 0 saturated heterocycles. The topological polar surface area (TPSA) is 0 Å². The van der Waals surface area contributed by atoms with Crippen molar-refractivity contribution in [1.82, 2.24) is 0 Å². The van der Waals surface area contributed by atoms with Gasteiger partial charge >= 0.3 is 0 Å². The predicted molar refractivity (Wildman–Crippen MR) is 62.5 cm³/mol. The third kappa shape index (κ3) is 2.14. The maximum Gasteiger partial charge on any atom is 0.0608 e. The zero-order valence-corrected chi connectivity index (χ0v) is 10.1. The van der Waals surface area contributed by atoms with Gasteiger partial charge in [-0.3, -0.25) is 0 Å². The van der Waals surface area contributed by atoms with Crippen LogP contribution in [0, 0.1) is 6.08 Å². The summed E-state index contributed by atoms with van der Waals surface area (Å²) in [5.74, 6) is 0. The summed E-state index contributed by atoms with van der Waals surface area (Å²) >= 11 is 0. The molecule has 0 heterocycles. The molecule has 0 N–H and O–H groups in total. The van der Waals surface area contributed by atoms with Crippen molar-refractivity contribution in [1.29, 1.82) is 0 Å². The maximum atomic E-state index is 3.56. The first-order chi connectivity index (χ1) is 6.29. The zero-order chi connectivity index (χ0) is 9.73. The average Bonchev–Trinajstić information content (AvgIpc) is 2.23. The molecular formula is C12H21Si. The number of allylic oxidation sites excluding steroid dienone is 4. The van der Waals surface area contributed by atoms with E-state index in [0.717, 1.165) is 5.54 Å². The van der Waals surface area contributed by atoms with Crippen LogP contribution in [0.25, 0.3) is 0 Å². The molecule has 0 saturated carbocycles. The summed E-state index contributed by atoms with van der Waals surface area (Å²) in [6.07, 6.45) is 11.4. The predicted octanol–water partition coefficient (Wildman–Crippen LogP) is 4.18. The number of rotatable bonds is 4. The van der Waals surface area contributed by atoms with E-state index in [2.05, 4.69) is 45.1 Å². The standard InChI is InChI=1S/C12H21Si/c1-4-13(5-2,6-3)12-10-8-7-9-11-12/h7-9,12H,4-6,10H2,1-3H3. The first kappa shape index (κ1) is 10.8. The van der Waals surface area contributed by atoms with Crippen LogP contribution in [-0.2, 0) is 0 Å². The van der Waals surface area contributed by atoms with Gasteiger partial charge in [0.05, 0.1) is 8.07 Å². The molecule has 0 nitrogen and oxygen atoms in total. The highest BCUT2D eigenvalue weighted by Gasteiger charge is 2.34. The summed E-state index contributed by atoms with van der Waals surface area (Å²) in [5.41, 5.74) is 0.789. The summed E-state index contributed by atoms with van der Waals surface area (Å²) in [4.78, 5) is 0. The first-order valence-electron chi connectivity index (χ1n) is 5.53. The van der Waals surface area contributed by atoms with Crippen LogP contribution < -0.4 is 0 Å². The Balaban J connectivity index is 2.74. The second kappa shape index (κ2) is 4.80. The molecule has 73 valence electrons. The van der Waals surface area contributed by atoms with Crippen LogP contribution in [-0.4, -0.2) is 8.07 Å². The van der Waals surface area contributed by atoms with Gasteiger partial charge in [0.2, 0.25) is 0 Å². The Morgan fingerprint density at radius 3 is 2.23 bits per heavy atom.